The third kappa shape index (κ3) is 6.04. The second kappa shape index (κ2) is 9.32. The molecule has 0 saturated carbocycles. The molecule has 2 rings (SSSR count). The molecule has 0 fully saturated rings. The van der Waals surface area contributed by atoms with E-state index in [1.165, 1.54) is 0 Å². The van der Waals surface area contributed by atoms with Crippen LogP contribution >= 0.6 is 0 Å². The van der Waals surface area contributed by atoms with E-state index < -0.39 is 22.0 Å². The molecule has 0 spiro atoms. The zero-order chi connectivity index (χ0) is 20.0. The number of ether oxygens (including phenoxy) is 1. The Morgan fingerprint density at radius 3 is 2.67 bits per heavy atom. The molecule has 0 amide bonds. The van der Waals surface area contributed by atoms with E-state index >= 15 is 0 Å². The number of sulfonamides is 1. The summed E-state index contributed by atoms with van der Waals surface area (Å²) in [5.41, 5.74) is 1.89. The number of carbonyl (C=O) groups excluding carboxylic acids is 1. The molecule has 1 aromatic heterocycles. The van der Waals surface area contributed by atoms with Gasteiger partial charge in [-0.25, -0.2) is 18.1 Å². The topological polar surface area (TPSA) is 90.3 Å². The van der Waals surface area contributed by atoms with Crippen LogP contribution in [-0.4, -0.2) is 42.3 Å². The van der Waals surface area contributed by atoms with Crippen LogP contribution in [0.2, 0.25) is 0 Å². The first kappa shape index (κ1) is 21.4. The Bertz CT molecular complexity index is 874. The van der Waals surface area contributed by atoms with E-state index in [0.717, 1.165) is 16.9 Å². The normalized spacial score (nSPS) is 13.2. The quantitative estimate of drug-likeness (QED) is 0.625. The summed E-state index contributed by atoms with van der Waals surface area (Å²) in [7, 11) is -3.59. The van der Waals surface area contributed by atoms with Gasteiger partial charge in [-0.05, 0) is 44.7 Å². The fourth-order valence-corrected chi connectivity index (χ4v) is 4.33. The zero-order valence-corrected chi connectivity index (χ0v) is 17.3. The molecule has 0 aliphatic heterocycles. The number of nitrogens with zero attached hydrogens (tertiary/aromatic N) is 2. The van der Waals surface area contributed by atoms with E-state index in [1.807, 2.05) is 49.6 Å². The molecule has 1 N–H and O–H groups in total. The third-order valence-electron chi connectivity index (χ3n) is 4.24. The van der Waals surface area contributed by atoms with Crippen molar-refractivity contribution in [3.8, 4) is 0 Å². The summed E-state index contributed by atoms with van der Waals surface area (Å²) >= 11 is 0. The number of benzene rings is 1. The number of esters is 1. The molecule has 8 heteroatoms. The van der Waals surface area contributed by atoms with Gasteiger partial charge in [0.2, 0.25) is 10.0 Å². The molecular formula is C19H29N3O4S. The number of hydrogen-bond acceptors (Lipinski definition) is 5. The number of imidazole rings is 1. The largest absolute Gasteiger partial charge is 0.465 e. The van der Waals surface area contributed by atoms with Crippen molar-refractivity contribution < 1.29 is 17.9 Å². The zero-order valence-electron chi connectivity index (χ0n) is 16.4. The molecule has 0 aliphatic rings. The summed E-state index contributed by atoms with van der Waals surface area (Å²) in [5.74, 6) is 0.437. The van der Waals surface area contributed by atoms with Gasteiger partial charge in [0.15, 0.2) is 0 Å². The highest BCUT2D eigenvalue weighted by Gasteiger charge is 2.26. The van der Waals surface area contributed by atoms with Crippen molar-refractivity contribution in [1.29, 1.82) is 0 Å². The van der Waals surface area contributed by atoms with Crippen molar-refractivity contribution in [2.75, 3.05) is 12.4 Å². The second-order valence-corrected chi connectivity index (χ2v) is 8.90. The average Bonchev–Trinajstić information content (AvgIpc) is 2.89. The number of carbonyl (C=O) groups is 1. The van der Waals surface area contributed by atoms with Gasteiger partial charge in [0.25, 0.3) is 0 Å². The molecule has 1 heterocycles. The Labute approximate surface area is 161 Å². The second-order valence-electron chi connectivity index (χ2n) is 7.02. The first-order valence-electron chi connectivity index (χ1n) is 9.32. The monoisotopic (exact) mass is 395 g/mol. The minimum Gasteiger partial charge on any atom is -0.465 e. The van der Waals surface area contributed by atoms with Gasteiger partial charge in [-0.1, -0.05) is 26.0 Å². The summed E-state index contributed by atoms with van der Waals surface area (Å²) < 4.78 is 34.5. The molecule has 1 aromatic carbocycles. The molecule has 2 aromatic rings. The fraction of sp³-hybridized carbons (Fsp3) is 0.579. The average molecular weight is 396 g/mol. The van der Waals surface area contributed by atoms with Gasteiger partial charge in [-0.15, -0.1) is 0 Å². The van der Waals surface area contributed by atoms with E-state index in [4.69, 9.17) is 4.74 Å². The minimum absolute atomic E-state index is 0.0626. The van der Waals surface area contributed by atoms with E-state index in [-0.39, 0.29) is 18.3 Å². The number of aromatic nitrogens is 2. The molecule has 0 saturated heterocycles. The van der Waals surface area contributed by atoms with Gasteiger partial charge < -0.3 is 9.30 Å². The maximum absolute atomic E-state index is 12.5. The maximum Gasteiger partial charge on any atom is 0.324 e. The SMILES string of the molecule is CCOC(=O)[C@H](CC(C)C)NS(=O)(=O)CCCn1c(C)nc2ccccc21. The first-order chi connectivity index (χ1) is 12.7. The van der Waals surface area contributed by atoms with Gasteiger partial charge in [-0.2, -0.15) is 0 Å². The Hall–Kier alpha value is -1.93. The minimum atomic E-state index is -3.59. The Balaban J connectivity index is 2.00. The molecule has 0 radical (unpaired) electrons. The summed E-state index contributed by atoms with van der Waals surface area (Å²) in [6.45, 7) is 8.26. The van der Waals surface area contributed by atoms with Crippen LogP contribution in [0.15, 0.2) is 24.3 Å². The Morgan fingerprint density at radius 2 is 2.00 bits per heavy atom. The van der Waals surface area contributed by atoms with Crippen molar-refractivity contribution in [3.05, 3.63) is 30.1 Å². The molecule has 7 nitrogen and oxygen atoms in total. The van der Waals surface area contributed by atoms with Gasteiger partial charge in [0.05, 0.1) is 23.4 Å². The van der Waals surface area contributed by atoms with Crippen LogP contribution in [0.25, 0.3) is 11.0 Å². The standard InChI is InChI=1S/C19H29N3O4S/c1-5-26-19(23)17(13-14(2)3)21-27(24,25)12-8-11-22-15(4)20-16-9-6-7-10-18(16)22/h6-7,9-10,14,17,21H,5,8,11-13H2,1-4H3/t17-/m0/s1. The lowest BCUT2D eigenvalue weighted by Crippen LogP contribution is -2.43. The van der Waals surface area contributed by atoms with Gasteiger partial charge in [0, 0.05) is 6.54 Å². The molecular weight excluding hydrogens is 366 g/mol. The lowest BCUT2D eigenvalue weighted by Gasteiger charge is -2.19. The lowest BCUT2D eigenvalue weighted by atomic mass is 10.1. The summed E-state index contributed by atoms with van der Waals surface area (Å²) in [6, 6.07) is 6.94. The van der Waals surface area contributed by atoms with Gasteiger partial charge in [0.1, 0.15) is 11.9 Å². The van der Waals surface area contributed by atoms with Crippen molar-refractivity contribution in [3.63, 3.8) is 0 Å². The van der Waals surface area contributed by atoms with Crippen LogP contribution in [0.5, 0.6) is 0 Å². The molecule has 150 valence electrons. The number of hydrogen-bond donors (Lipinski definition) is 1. The fourth-order valence-electron chi connectivity index (χ4n) is 3.07. The number of rotatable bonds is 10. The van der Waals surface area contributed by atoms with Crippen molar-refractivity contribution in [2.24, 2.45) is 5.92 Å². The summed E-state index contributed by atoms with van der Waals surface area (Å²) in [6.07, 6.45) is 0.830. The van der Waals surface area contributed by atoms with Crippen molar-refractivity contribution >= 4 is 27.0 Å². The summed E-state index contributed by atoms with van der Waals surface area (Å²) in [5, 5.41) is 0. The van der Waals surface area contributed by atoms with Crippen LogP contribution in [0.1, 0.15) is 39.4 Å². The Kier molecular flexibility index (Phi) is 7.38. The Morgan fingerprint density at radius 1 is 1.30 bits per heavy atom. The molecule has 0 bridgehead atoms. The van der Waals surface area contributed by atoms with Crippen LogP contribution in [0.3, 0.4) is 0 Å². The maximum atomic E-state index is 12.5. The molecule has 0 aliphatic carbocycles. The van der Waals surface area contributed by atoms with Crippen LogP contribution < -0.4 is 4.72 Å². The number of nitrogens with one attached hydrogen (secondary N) is 1. The third-order valence-corrected chi connectivity index (χ3v) is 5.71. The number of para-hydroxylation sites is 2. The predicted molar refractivity (Wildman–Crippen MR) is 106 cm³/mol. The number of fused-ring (bicyclic) bond motifs is 1. The van der Waals surface area contributed by atoms with Crippen LogP contribution in [-0.2, 0) is 26.1 Å². The van der Waals surface area contributed by atoms with E-state index in [9.17, 15) is 13.2 Å². The predicted octanol–water partition coefficient (Wildman–Crippen LogP) is 2.63. The van der Waals surface area contributed by atoms with Crippen molar-refractivity contribution in [2.45, 2.75) is 53.1 Å². The smallest absolute Gasteiger partial charge is 0.324 e. The van der Waals surface area contributed by atoms with Gasteiger partial charge in [-0.3, -0.25) is 4.79 Å². The van der Waals surface area contributed by atoms with Crippen molar-refractivity contribution in [1.82, 2.24) is 14.3 Å². The van der Waals surface area contributed by atoms with Gasteiger partial charge >= 0.3 is 5.97 Å². The molecule has 27 heavy (non-hydrogen) atoms. The van der Waals surface area contributed by atoms with E-state index in [2.05, 4.69) is 9.71 Å². The van der Waals surface area contributed by atoms with E-state index in [0.29, 0.717) is 19.4 Å². The first-order valence-corrected chi connectivity index (χ1v) is 11.0. The molecule has 1 atom stereocenters. The highest BCUT2D eigenvalue weighted by atomic mass is 32.2. The number of aryl methyl sites for hydroxylation is 2. The summed E-state index contributed by atoms with van der Waals surface area (Å²) in [4.78, 5) is 16.5. The highest BCUT2D eigenvalue weighted by Crippen LogP contribution is 2.16. The van der Waals surface area contributed by atoms with Crippen LogP contribution in [0.4, 0.5) is 0 Å². The van der Waals surface area contributed by atoms with Crippen LogP contribution in [0, 0.1) is 12.8 Å². The molecule has 0 unspecified atom stereocenters. The van der Waals surface area contributed by atoms with E-state index in [1.54, 1.807) is 6.92 Å². The highest BCUT2D eigenvalue weighted by molar-refractivity contribution is 7.89. The lowest BCUT2D eigenvalue weighted by molar-refractivity contribution is -0.145.